The number of hydrogen-bond donors (Lipinski definition) is 0. The van der Waals surface area contributed by atoms with Crippen LogP contribution in [0.5, 0.6) is 0 Å². The number of hydrogen-bond acceptors (Lipinski definition) is 2. The number of allylic oxidation sites excluding steroid dienone is 6. The van der Waals surface area contributed by atoms with Crippen LogP contribution in [0.15, 0.2) is 297 Å². The first-order valence-corrected chi connectivity index (χ1v) is 27.4. The van der Waals surface area contributed by atoms with E-state index < -0.39 is 0 Å². The Labute approximate surface area is 457 Å². The molecule has 0 amide bonds. The molecule has 0 aromatic heterocycles. The minimum atomic E-state index is 0.00296. The maximum Gasteiger partial charge on any atom is 0.0566 e. The topological polar surface area (TPSA) is 6.48 Å². The van der Waals surface area contributed by atoms with Crippen LogP contribution in [0.3, 0.4) is 0 Å². The first-order chi connectivity index (χ1) is 38.7. The monoisotopic (exact) mass is 996 g/mol. The van der Waals surface area contributed by atoms with Crippen LogP contribution in [0, 0.1) is 0 Å². The molecule has 0 fully saturated rings. The third-order valence-corrected chi connectivity index (χ3v) is 16.0. The minimum Gasteiger partial charge on any atom is -0.334 e. The van der Waals surface area contributed by atoms with E-state index in [-0.39, 0.29) is 6.04 Å². The molecule has 14 rings (SSSR count). The van der Waals surface area contributed by atoms with E-state index in [2.05, 4.69) is 307 Å². The van der Waals surface area contributed by atoms with Gasteiger partial charge >= 0.3 is 0 Å². The van der Waals surface area contributed by atoms with Gasteiger partial charge in [0.1, 0.15) is 0 Å². The summed E-state index contributed by atoms with van der Waals surface area (Å²) in [6, 6.07) is 96.6. The van der Waals surface area contributed by atoms with E-state index in [9.17, 15) is 0 Å². The summed E-state index contributed by atoms with van der Waals surface area (Å²) in [5.74, 6) is 0. The summed E-state index contributed by atoms with van der Waals surface area (Å²) in [7, 11) is 0. The van der Waals surface area contributed by atoms with Crippen molar-refractivity contribution in [1.29, 1.82) is 0 Å². The van der Waals surface area contributed by atoms with Crippen molar-refractivity contribution in [3.8, 4) is 44.5 Å². The molecule has 0 radical (unpaired) electrons. The number of rotatable bonds is 12. The molecule has 0 aliphatic heterocycles. The summed E-state index contributed by atoms with van der Waals surface area (Å²) >= 11 is 0. The maximum absolute atomic E-state index is 2.64. The molecule has 0 spiro atoms. The molecule has 370 valence electrons. The third kappa shape index (κ3) is 8.68. The van der Waals surface area contributed by atoms with E-state index in [0.29, 0.717) is 0 Å². The lowest BCUT2D eigenvalue weighted by Gasteiger charge is -2.36. The molecule has 0 heterocycles. The highest BCUT2D eigenvalue weighted by Crippen LogP contribution is 2.52. The van der Waals surface area contributed by atoms with Gasteiger partial charge in [0.25, 0.3) is 0 Å². The number of anilines is 5. The van der Waals surface area contributed by atoms with Gasteiger partial charge in [0, 0.05) is 38.6 Å². The van der Waals surface area contributed by atoms with Crippen molar-refractivity contribution in [2.24, 2.45) is 0 Å². The Hall–Kier alpha value is -9.76. The number of nitrogens with zero attached hydrogens (tertiary/aromatic N) is 2. The molecule has 2 heteroatoms. The van der Waals surface area contributed by atoms with Gasteiger partial charge in [-0.15, -0.1) is 0 Å². The SMILES string of the molecule is C1=CCCC(c2cccc(N(c3cccc(-c4ccccc4)c3)c3cc(-c4ccccc4)c4ccc5c(N(c6cccc(-c7ccccc7)c6)C6C=CC=C(c7ccccc7)C6)cc(-c6ccccc6)c6ccc3c4c65)c2)=C1. The van der Waals surface area contributed by atoms with Crippen LogP contribution >= 0.6 is 0 Å². The third-order valence-electron chi connectivity index (χ3n) is 16.0. The van der Waals surface area contributed by atoms with Gasteiger partial charge in [0.15, 0.2) is 0 Å². The van der Waals surface area contributed by atoms with Gasteiger partial charge in [0.05, 0.1) is 17.4 Å². The van der Waals surface area contributed by atoms with Crippen LogP contribution in [0.2, 0.25) is 0 Å². The molecule has 2 aliphatic rings. The predicted octanol–water partition coefficient (Wildman–Crippen LogP) is 21.0. The van der Waals surface area contributed by atoms with Crippen LogP contribution in [0.4, 0.5) is 28.4 Å². The van der Waals surface area contributed by atoms with Gasteiger partial charge in [-0.2, -0.15) is 0 Å². The molecule has 2 aliphatic carbocycles. The summed E-state index contributed by atoms with van der Waals surface area (Å²) in [4.78, 5) is 5.16. The maximum atomic E-state index is 2.64. The molecular weight excluding hydrogens is 941 g/mol. The van der Waals surface area contributed by atoms with E-state index >= 15 is 0 Å². The second-order valence-corrected chi connectivity index (χ2v) is 20.7. The van der Waals surface area contributed by atoms with E-state index in [1.54, 1.807) is 0 Å². The molecule has 1 unspecified atom stereocenters. The lowest BCUT2D eigenvalue weighted by atomic mass is 9.84. The zero-order valence-electron chi connectivity index (χ0n) is 43.4. The molecule has 0 bridgehead atoms. The van der Waals surface area contributed by atoms with Crippen LogP contribution in [-0.4, -0.2) is 6.04 Å². The Kier molecular flexibility index (Phi) is 12.2. The molecule has 2 nitrogen and oxygen atoms in total. The van der Waals surface area contributed by atoms with Crippen LogP contribution in [0.25, 0.3) is 88.0 Å². The predicted molar refractivity (Wildman–Crippen MR) is 333 cm³/mol. The van der Waals surface area contributed by atoms with Crippen molar-refractivity contribution in [2.75, 3.05) is 9.80 Å². The largest absolute Gasteiger partial charge is 0.334 e. The minimum absolute atomic E-state index is 0.00296. The average molecular weight is 997 g/mol. The molecule has 0 saturated heterocycles. The van der Waals surface area contributed by atoms with Gasteiger partial charge in [0.2, 0.25) is 0 Å². The van der Waals surface area contributed by atoms with E-state index in [0.717, 1.165) is 42.0 Å². The Bertz CT molecular complexity index is 4270. The lowest BCUT2D eigenvalue weighted by molar-refractivity contribution is 0.798. The highest BCUT2D eigenvalue weighted by atomic mass is 15.2. The van der Waals surface area contributed by atoms with Crippen molar-refractivity contribution in [3.63, 3.8) is 0 Å². The smallest absolute Gasteiger partial charge is 0.0566 e. The summed E-state index contributed by atoms with van der Waals surface area (Å²) < 4.78 is 0. The fourth-order valence-electron chi connectivity index (χ4n) is 12.3. The van der Waals surface area contributed by atoms with E-state index in [1.807, 2.05) is 0 Å². The Morgan fingerprint density at radius 2 is 0.756 bits per heavy atom. The summed E-state index contributed by atoms with van der Waals surface area (Å²) in [5.41, 5.74) is 20.3. The molecule has 12 aromatic carbocycles. The summed E-state index contributed by atoms with van der Waals surface area (Å²) in [6.07, 6.45) is 16.6. The zero-order valence-corrected chi connectivity index (χ0v) is 43.4. The van der Waals surface area contributed by atoms with Crippen LogP contribution in [0.1, 0.15) is 30.4 Å². The van der Waals surface area contributed by atoms with Crippen molar-refractivity contribution >= 4 is 71.9 Å². The van der Waals surface area contributed by atoms with Gasteiger partial charge in [-0.1, -0.05) is 249 Å². The Morgan fingerprint density at radius 3 is 1.31 bits per heavy atom. The lowest BCUT2D eigenvalue weighted by Crippen LogP contribution is -2.31. The molecular formula is C76H56N2. The highest BCUT2D eigenvalue weighted by Gasteiger charge is 2.29. The molecule has 78 heavy (non-hydrogen) atoms. The fraction of sp³-hybridized carbons (Fsp3) is 0.0526. The Balaban J connectivity index is 1.08. The van der Waals surface area contributed by atoms with Crippen LogP contribution in [-0.2, 0) is 0 Å². The first kappa shape index (κ1) is 46.7. The van der Waals surface area contributed by atoms with E-state index in [4.69, 9.17) is 0 Å². The quantitative estimate of drug-likeness (QED) is 0.113. The zero-order chi connectivity index (χ0) is 51.8. The highest BCUT2D eigenvalue weighted by molar-refractivity contribution is 6.32. The molecule has 0 saturated carbocycles. The molecule has 0 N–H and O–H groups in total. The summed E-state index contributed by atoms with van der Waals surface area (Å²) in [5, 5.41) is 7.37. The van der Waals surface area contributed by atoms with Crippen molar-refractivity contribution < 1.29 is 0 Å². The van der Waals surface area contributed by atoms with E-state index in [1.165, 1.54) is 105 Å². The van der Waals surface area contributed by atoms with Crippen molar-refractivity contribution in [2.45, 2.75) is 25.3 Å². The average Bonchev–Trinajstić information content (AvgIpc) is 3.47. The van der Waals surface area contributed by atoms with Crippen molar-refractivity contribution in [1.82, 2.24) is 0 Å². The second kappa shape index (κ2) is 20.4. The van der Waals surface area contributed by atoms with Gasteiger partial charge in [-0.25, -0.2) is 0 Å². The molecule has 12 aromatic rings. The second-order valence-electron chi connectivity index (χ2n) is 20.7. The number of benzene rings is 12. The van der Waals surface area contributed by atoms with Gasteiger partial charge in [-0.05, 0) is 145 Å². The normalized spacial score (nSPS) is 14.2. The Morgan fingerprint density at radius 1 is 0.321 bits per heavy atom. The standard InChI is InChI=1S/C76H56N2/c1-7-23-53(24-8-1)59-35-19-39-63(47-59)77(64-40-20-36-60(48-64)54-25-9-2-10-26-54)73-51-71(57-31-15-5-16-32-57)67-44-46-70-74(52-72(58-33-17-6-18-34-58)68-43-45-69(73)75(67)76(68)70)78(65-41-21-37-61(49-65)55-27-11-3-12-28-55)66-42-22-38-62(50-66)56-29-13-4-14-30-56/h1-13,15-29,31-47,49-52,64H,14,30,48H2. The first-order valence-electron chi connectivity index (χ1n) is 27.4. The van der Waals surface area contributed by atoms with Crippen molar-refractivity contribution in [3.05, 3.63) is 308 Å². The summed E-state index contributed by atoms with van der Waals surface area (Å²) in [6.45, 7) is 0. The molecule has 1 atom stereocenters. The van der Waals surface area contributed by atoms with Gasteiger partial charge < -0.3 is 9.80 Å². The van der Waals surface area contributed by atoms with Gasteiger partial charge in [-0.3, -0.25) is 0 Å². The fourth-order valence-corrected chi connectivity index (χ4v) is 12.3. The van der Waals surface area contributed by atoms with Crippen LogP contribution < -0.4 is 9.80 Å².